The van der Waals surface area contributed by atoms with Crippen LogP contribution in [0.5, 0.6) is 5.75 Å². The summed E-state index contributed by atoms with van der Waals surface area (Å²) in [4.78, 5) is 35.1. The zero-order valence-corrected chi connectivity index (χ0v) is 28.5. The summed E-state index contributed by atoms with van der Waals surface area (Å²) < 4.78 is 42.6. The van der Waals surface area contributed by atoms with Crippen molar-refractivity contribution in [1.29, 1.82) is 0 Å². The molecule has 3 aliphatic rings. The lowest BCUT2D eigenvalue weighted by Gasteiger charge is -2.40. The van der Waals surface area contributed by atoms with Crippen LogP contribution in [0.3, 0.4) is 0 Å². The van der Waals surface area contributed by atoms with Gasteiger partial charge in [-0.3, -0.25) is 19.4 Å². The highest BCUT2D eigenvalue weighted by atomic mass is 19.1. The van der Waals surface area contributed by atoms with Crippen molar-refractivity contribution in [3.05, 3.63) is 137 Å². The van der Waals surface area contributed by atoms with Crippen LogP contribution >= 0.6 is 0 Å². The molecule has 1 saturated heterocycles. The molecule has 8 rings (SSSR count). The highest BCUT2D eigenvalue weighted by Gasteiger charge is 2.35. The van der Waals surface area contributed by atoms with Crippen LogP contribution in [0.4, 0.5) is 20.2 Å². The smallest absolute Gasteiger partial charge is 0.264 e. The second-order valence-electron chi connectivity index (χ2n) is 13.4. The van der Waals surface area contributed by atoms with Crippen molar-refractivity contribution < 1.29 is 33.0 Å². The maximum atomic E-state index is 15.3. The number of carbonyl (C=O) groups excluding carboxylic acids is 2. The standard InChI is InChI=1S/C41H38F2N4O5/c42-29-5-8-31(9-6-29)47(32-10-12-34(48)13-11-32)41(50)37-23-38(45-17-20-52-26-39(37)45)36-22-30(43)7-14-35(36)40(49)46-24-28-4-2-1-3-27(28)21-33(46)25-44-15-18-51-19-16-44/h1-14,22-23,33,48H,15-21,24-26H2/t33-/m0/s1. The number of hydrogen-bond donors (Lipinski definition) is 1. The van der Waals surface area contributed by atoms with Gasteiger partial charge < -0.3 is 24.0 Å². The van der Waals surface area contributed by atoms with Gasteiger partial charge in [0.1, 0.15) is 17.4 Å². The van der Waals surface area contributed by atoms with Gasteiger partial charge in [-0.15, -0.1) is 0 Å². The van der Waals surface area contributed by atoms with E-state index >= 15 is 4.39 Å². The van der Waals surface area contributed by atoms with Crippen LogP contribution in [0, 0.1) is 11.6 Å². The lowest BCUT2D eigenvalue weighted by Crippen LogP contribution is -2.52. The molecule has 266 valence electrons. The van der Waals surface area contributed by atoms with Gasteiger partial charge in [-0.2, -0.15) is 0 Å². The minimum atomic E-state index is -0.507. The van der Waals surface area contributed by atoms with Crippen LogP contribution in [-0.2, 0) is 35.6 Å². The number of amides is 2. The van der Waals surface area contributed by atoms with E-state index in [1.54, 1.807) is 24.3 Å². The monoisotopic (exact) mass is 704 g/mol. The molecular weight excluding hydrogens is 666 g/mol. The molecule has 4 heterocycles. The van der Waals surface area contributed by atoms with E-state index in [-0.39, 0.29) is 24.3 Å². The molecule has 5 aromatic rings. The van der Waals surface area contributed by atoms with Gasteiger partial charge in [0, 0.05) is 61.3 Å². The summed E-state index contributed by atoms with van der Waals surface area (Å²) in [5, 5.41) is 9.98. The number of benzene rings is 4. The molecule has 0 spiro atoms. The van der Waals surface area contributed by atoms with E-state index < -0.39 is 17.5 Å². The highest BCUT2D eigenvalue weighted by Crippen LogP contribution is 2.37. The minimum Gasteiger partial charge on any atom is -0.508 e. The van der Waals surface area contributed by atoms with E-state index in [0.29, 0.717) is 85.3 Å². The fourth-order valence-electron chi connectivity index (χ4n) is 7.57. The first-order chi connectivity index (χ1) is 25.3. The summed E-state index contributed by atoms with van der Waals surface area (Å²) in [7, 11) is 0. The average molecular weight is 705 g/mol. The molecule has 1 N–H and O–H groups in total. The molecule has 1 aromatic heterocycles. The van der Waals surface area contributed by atoms with E-state index in [4.69, 9.17) is 9.47 Å². The summed E-state index contributed by atoms with van der Waals surface area (Å²) in [5.41, 5.74) is 5.28. The molecule has 0 radical (unpaired) electrons. The number of aromatic nitrogens is 1. The molecule has 52 heavy (non-hydrogen) atoms. The molecule has 0 bridgehead atoms. The van der Waals surface area contributed by atoms with Crippen LogP contribution in [0.25, 0.3) is 11.3 Å². The Kier molecular flexibility index (Phi) is 9.31. The summed E-state index contributed by atoms with van der Waals surface area (Å²) >= 11 is 0. The second-order valence-corrected chi connectivity index (χ2v) is 13.4. The van der Waals surface area contributed by atoms with Crippen molar-refractivity contribution >= 4 is 23.2 Å². The Bertz CT molecular complexity index is 2070. The zero-order chi connectivity index (χ0) is 35.8. The number of carbonyl (C=O) groups is 2. The summed E-state index contributed by atoms with van der Waals surface area (Å²) in [6.07, 6.45) is 0.697. The molecule has 9 nitrogen and oxygen atoms in total. The van der Waals surface area contributed by atoms with Crippen molar-refractivity contribution in [2.75, 3.05) is 44.4 Å². The van der Waals surface area contributed by atoms with Crippen molar-refractivity contribution in [1.82, 2.24) is 14.4 Å². The number of rotatable bonds is 7. The number of morpholine rings is 1. The highest BCUT2D eigenvalue weighted by molar-refractivity contribution is 6.12. The van der Waals surface area contributed by atoms with E-state index in [0.717, 1.165) is 18.7 Å². The van der Waals surface area contributed by atoms with Crippen LogP contribution in [0.2, 0.25) is 0 Å². The summed E-state index contributed by atoms with van der Waals surface area (Å²) in [6, 6.07) is 25.7. The predicted octanol–water partition coefficient (Wildman–Crippen LogP) is 6.55. The summed E-state index contributed by atoms with van der Waals surface area (Å²) in [6.45, 7) is 4.85. The van der Waals surface area contributed by atoms with E-state index in [1.165, 1.54) is 59.0 Å². The van der Waals surface area contributed by atoms with Crippen LogP contribution in [0.15, 0.2) is 97.1 Å². The number of halogens is 2. The maximum Gasteiger partial charge on any atom is 0.264 e. The first-order valence-electron chi connectivity index (χ1n) is 17.5. The molecule has 1 fully saturated rings. The van der Waals surface area contributed by atoms with Crippen LogP contribution in [-0.4, -0.2) is 76.8 Å². The molecule has 0 aliphatic carbocycles. The van der Waals surface area contributed by atoms with Crippen LogP contribution in [0.1, 0.15) is 37.5 Å². The van der Waals surface area contributed by atoms with Gasteiger partial charge >= 0.3 is 0 Å². The Morgan fingerprint density at radius 3 is 2.19 bits per heavy atom. The van der Waals surface area contributed by atoms with Gasteiger partial charge in [0.25, 0.3) is 11.8 Å². The Morgan fingerprint density at radius 1 is 0.769 bits per heavy atom. The van der Waals surface area contributed by atoms with Gasteiger partial charge in [0.15, 0.2) is 0 Å². The van der Waals surface area contributed by atoms with Gasteiger partial charge in [0.2, 0.25) is 0 Å². The SMILES string of the molecule is O=C(c1cc(-c2cc(F)ccc2C(=O)N2Cc3ccccc3C[C@H]2CN2CCOCC2)n2c1COCC2)N(c1ccc(O)cc1)c1ccc(F)cc1. The number of phenols is 1. The third-order valence-electron chi connectivity index (χ3n) is 10.2. The predicted molar refractivity (Wildman–Crippen MR) is 192 cm³/mol. The molecule has 0 unspecified atom stereocenters. The Hall–Kier alpha value is -5.36. The van der Waals surface area contributed by atoms with E-state index in [2.05, 4.69) is 17.0 Å². The number of aromatic hydroxyl groups is 1. The third kappa shape index (κ3) is 6.58. The Balaban J connectivity index is 1.21. The number of hydrogen-bond acceptors (Lipinski definition) is 6. The fraction of sp³-hybridized carbons (Fsp3) is 0.268. The number of fused-ring (bicyclic) bond motifs is 2. The van der Waals surface area contributed by atoms with Gasteiger partial charge in [-0.05, 0) is 90.3 Å². The van der Waals surface area contributed by atoms with Gasteiger partial charge in [-0.25, -0.2) is 8.78 Å². The molecule has 11 heteroatoms. The van der Waals surface area contributed by atoms with E-state index in [9.17, 15) is 19.1 Å². The normalized spacial score (nSPS) is 17.3. The average Bonchev–Trinajstić information content (AvgIpc) is 3.56. The quantitative estimate of drug-likeness (QED) is 0.207. The lowest BCUT2D eigenvalue weighted by molar-refractivity contribution is 0.0193. The van der Waals surface area contributed by atoms with Gasteiger partial charge in [0.05, 0.1) is 43.4 Å². The number of phenolic OH excluding ortho intramolecular Hbond substituents is 1. The molecular formula is C41H38F2N4O5. The summed E-state index contributed by atoms with van der Waals surface area (Å²) in [5.74, 6) is -1.57. The van der Waals surface area contributed by atoms with Crippen molar-refractivity contribution in [2.24, 2.45) is 0 Å². The van der Waals surface area contributed by atoms with Crippen molar-refractivity contribution in [3.8, 4) is 17.0 Å². The number of ether oxygens (including phenoxy) is 2. The first kappa shape index (κ1) is 33.8. The largest absolute Gasteiger partial charge is 0.508 e. The fourth-order valence-corrected chi connectivity index (χ4v) is 7.57. The van der Waals surface area contributed by atoms with Crippen LogP contribution < -0.4 is 4.90 Å². The molecule has 3 aliphatic heterocycles. The maximum absolute atomic E-state index is 15.3. The van der Waals surface area contributed by atoms with Crippen molar-refractivity contribution in [2.45, 2.75) is 32.2 Å². The Labute approximate surface area is 300 Å². The number of anilines is 2. The van der Waals surface area contributed by atoms with Crippen molar-refractivity contribution in [3.63, 3.8) is 0 Å². The Morgan fingerprint density at radius 2 is 1.44 bits per heavy atom. The first-order valence-corrected chi connectivity index (χ1v) is 17.5. The second kappa shape index (κ2) is 14.3. The number of nitrogens with zero attached hydrogens (tertiary/aromatic N) is 4. The molecule has 1 atom stereocenters. The third-order valence-corrected chi connectivity index (χ3v) is 10.2. The zero-order valence-electron chi connectivity index (χ0n) is 28.5. The minimum absolute atomic E-state index is 0.0277. The molecule has 0 saturated carbocycles. The van der Waals surface area contributed by atoms with E-state index in [1.807, 2.05) is 21.6 Å². The molecule has 2 amide bonds. The lowest BCUT2D eigenvalue weighted by atomic mass is 9.92. The topological polar surface area (TPSA) is 87.5 Å². The van der Waals surface area contributed by atoms with Gasteiger partial charge in [-0.1, -0.05) is 24.3 Å². The molecule has 4 aromatic carbocycles.